The number of halogens is 1. The molecule has 1 amide bonds. The van der Waals surface area contributed by atoms with Crippen molar-refractivity contribution >= 4 is 29.2 Å². The zero-order valence-corrected chi connectivity index (χ0v) is 16.7. The molecule has 2 aromatic heterocycles. The number of benzene rings is 2. The third kappa shape index (κ3) is 4.64. The first-order valence-electron chi connectivity index (χ1n) is 9.32. The van der Waals surface area contributed by atoms with Crippen molar-refractivity contribution in [2.45, 2.75) is 0 Å². The Morgan fingerprint density at radius 3 is 2.67 bits per heavy atom. The zero-order valence-electron chi connectivity index (χ0n) is 15.9. The summed E-state index contributed by atoms with van der Waals surface area (Å²) in [5.41, 5.74) is 2.32. The van der Waals surface area contributed by atoms with E-state index in [4.69, 9.17) is 16.3 Å². The van der Waals surface area contributed by atoms with Crippen molar-refractivity contribution < 1.29 is 9.53 Å². The van der Waals surface area contributed by atoms with Crippen molar-refractivity contribution in [2.24, 2.45) is 0 Å². The van der Waals surface area contributed by atoms with E-state index in [0.29, 0.717) is 28.9 Å². The number of amides is 1. The lowest BCUT2D eigenvalue weighted by molar-refractivity contribution is -0.116. The molecule has 1 N–H and O–H groups in total. The van der Waals surface area contributed by atoms with Gasteiger partial charge in [-0.25, -0.2) is 0 Å². The van der Waals surface area contributed by atoms with Gasteiger partial charge in [0.15, 0.2) is 11.5 Å². The van der Waals surface area contributed by atoms with Crippen molar-refractivity contribution in [3.63, 3.8) is 0 Å². The third-order valence-corrected chi connectivity index (χ3v) is 4.59. The van der Waals surface area contributed by atoms with Crippen LogP contribution in [0.4, 0.5) is 0 Å². The van der Waals surface area contributed by atoms with Crippen LogP contribution in [0.5, 0.6) is 5.88 Å². The molecular formula is C22H18ClN5O2. The fraction of sp³-hybridized carbons (Fsp3) is 0.0909. The van der Waals surface area contributed by atoms with Crippen LogP contribution in [0.2, 0.25) is 5.02 Å². The maximum absolute atomic E-state index is 11.9. The molecule has 0 spiro atoms. The second-order valence-electron chi connectivity index (χ2n) is 6.33. The number of ether oxygens (including phenoxy) is 1. The van der Waals surface area contributed by atoms with Gasteiger partial charge in [-0.1, -0.05) is 60.1 Å². The van der Waals surface area contributed by atoms with Crippen molar-refractivity contribution in [2.75, 3.05) is 13.2 Å². The number of rotatable bonds is 7. The van der Waals surface area contributed by atoms with Crippen LogP contribution >= 0.6 is 11.6 Å². The van der Waals surface area contributed by atoms with E-state index in [9.17, 15) is 4.79 Å². The van der Waals surface area contributed by atoms with Gasteiger partial charge in [0.25, 0.3) is 0 Å². The standard InChI is InChI=1S/C22H18ClN5O2/c23-18-9-5-4-6-16(18)10-12-20(29)24-14-15-30-21-13-11-19-25-26-22(28(19)27-21)17-7-2-1-3-8-17/h1-13H,14-15H2,(H,24,29)/b12-10+. The van der Waals surface area contributed by atoms with E-state index in [2.05, 4.69) is 20.6 Å². The van der Waals surface area contributed by atoms with E-state index in [1.54, 1.807) is 28.8 Å². The smallest absolute Gasteiger partial charge is 0.244 e. The average Bonchev–Trinajstić information content (AvgIpc) is 3.20. The number of fused-ring (bicyclic) bond motifs is 1. The molecule has 8 heteroatoms. The molecule has 0 bridgehead atoms. The van der Waals surface area contributed by atoms with E-state index in [1.807, 2.05) is 48.5 Å². The second-order valence-corrected chi connectivity index (χ2v) is 6.73. The maximum atomic E-state index is 11.9. The molecular weight excluding hydrogens is 402 g/mol. The Kier molecular flexibility index (Phi) is 6.01. The first kappa shape index (κ1) is 19.6. The molecule has 7 nitrogen and oxygen atoms in total. The van der Waals surface area contributed by atoms with Gasteiger partial charge >= 0.3 is 0 Å². The molecule has 4 rings (SSSR count). The highest BCUT2D eigenvalue weighted by atomic mass is 35.5. The van der Waals surface area contributed by atoms with Gasteiger partial charge in [-0.2, -0.15) is 4.52 Å². The summed E-state index contributed by atoms with van der Waals surface area (Å²) in [6.45, 7) is 0.603. The largest absolute Gasteiger partial charge is 0.475 e. The summed E-state index contributed by atoms with van der Waals surface area (Å²) in [4.78, 5) is 11.9. The first-order chi connectivity index (χ1) is 14.7. The zero-order chi connectivity index (χ0) is 20.8. The highest BCUT2D eigenvalue weighted by Gasteiger charge is 2.10. The molecule has 150 valence electrons. The van der Waals surface area contributed by atoms with Gasteiger partial charge in [0.1, 0.15) is 6.61 Å². The Bertz CT molecular complexity index is 1190. The number of hydrogen-bond acceptors (Lipinski definition) is 5. The van der Waals surface area contributed by atoms with Crippen molar-refractivity contribution in [1.82, 2.24) is 25.1 Å². The minimum atomic E-state index is -0.230. The Hall–Kier alpha value is -3.71. The van der Waals surface area contributed by atoms with Crippen LogP contribution in [0, 0.1) is 0 Å². The Morgan fingerprint density at radius 2 is 1.83 bits per heavy atom. The van der Waals surface area contributed by atoms with Gasteiger partial charge in [-0.15, -0.1) is 15.3 Å². The molecule has 0 aliphatic rings. The monoisotopic (exact) mass is 419 g/mol. The molecule has 2 aromatic carbocycles. The summed E-state index contributed by atoms with van der Waals surface area (Å²) in [6, 6.07) is 20.5. The van der Waals surface area contributed by atoms with Gasteiger partial charge in [-0.3, -0.25) is 4.79 Å². The Balaban J connectivity index is 1.33. The van der Waals surface area contributed by atoms with Gasteiger partial charge in [0, 0.05) is 22.7 Å². The van der Waals surface area contributed by atoms with Crippen LogP contribution in [0.15, 0.2) is 72.8 Å². The second kappa shape index (κ2) is 9.19. The molecule has 0 atom stereocenters. The van der Waals surface area contributed by atoms with Crippen molar-refractivity contribution in [3.8, 4) is 17.3 Å². The molecule has 0 saturated heterocycles. The fourth-order valence-corrected chi connectivity index (χ4v) is 2.98. The summed E-state index contributed by atoms with van der Waals surface area (Å²) in [5, 5.41) is 16.1. The minimum absolute atomic E-state index is 0.230. The van der Waals surface area contributed by atoms with Gasteiger partial charge in [-0.05, 0) is 23.8 Å². The van der Waals surface area contributed by atoms with Gasteiger partial charge < -0.3 is 10.1 Å². The van der Waals surface area contributed by atoms with Crippen molar-refractivity contribution in [1.29, 1.82) is 0 Å². The summed E-state index contributed by atoms with van der Waals surface area (Å²) >= 11 is 6.06. The number of nitrogens with zero attached hydrogens (tertiary/aromatic N) is 4. The highest BCUT2D eigenvalue weighted by molar-refractivity contribution is 6.32. The number of hydrogen-bond donors (Lipinski definition) is 1. The van der Waals surface area contributed by atoms with Crippen LogP contribution in [0.3, 0.4) is 0 Å². The Morgan fingerprint density at radius 1 is 1.03 bits per heavy atom. The van der Waals surface area contributed by atoms with Crippen LogP contribution in [-0.4, -0.2) is 38.9 Å². The molecule has 0 aliphatic heterocycles. The predicted octanol–water partition coefficient (Wildman–Crippen LogP) is 3.65. The summed E-state index contributed by atoms with van der Waals surface area (Å²) in [5.74, 6) is 0.821. The average molecular weight is 420 g/mol. The fourth-order valence-electron chi connectivity index (χ4n) is 2.78. The lowest BCUT2D eigenvalue weighted by Crippen LogP contribution is -2.26. The number of aromatic nitrogens is 4. The van der Waals surface area contributed by atoms with Crippen molar-refractivity contribution in [3.05, 3.63) is 83.4 Å². The van der Waals surface area contributed by atoms with E-state index in [1.165, 1.54) is 6.08 Å². The lowest BCUT2D eigenvalue weighted by Gasteiger charge is -2.06. The molecule has 2 heterocycles. The van der Waals surface area contributed by atoms with Crippen LogP contribution in [0.1, 0.15) is 5.56 Å². The van der Waals surface area contributed by atoms with Gasteiger partial charge in [0.2, 0.25) is 11.8 Å². The minimum Gasteiger partial charge on any atom is -0.475 e. The molecule has 0 saturated carbocycles. The number of nitrogens with one attached hydrogen (secondary N) is 1. The summed E-state index contributed by atoms with van der Waals surface area (Å²) < 4.78 is 7.29. The topological polar surface area (TPSA) is 81.4 Å². The van der Waals surface area contributed by atoms with E-state index >= 15 is 0 Å². The molecule has 0 aliphatic carbocycles. The first-order valence-corrected chi connectivity index (χ1v) is 9.69. The van der Waals surface area contributed by atoms with Crippen LogP contribution in [0.25, 0.3) is 23.1 Å². The number of carbonyl (C=O) groups excluding carboxylic acids is 1. The quantitative estimate of drug-likeness (QED) is 0.365. The normalized spacial score (nSPS) is 11.1. The lowest BCUT2D eigenvalue weighted by atomic mass is 10.2. The summed E-state index contributed by atoms with van der Waals surface area (Å²) in [6.07, 6.45) is 3.11. The molecule has 0 fully saturated rings. The maximum Gasteiger partial charge on any atom is 0.244 e. The number of carbonyl (C=O) groups is 1. The van der Waals surface area contributed by atoms with Crippen LogP contribution in [-0.2, 0) is 4.79 Å². The van der Waals surface area contributed by atoms with Gasteiger partial charge in [0.05, 0.1) is 6.54 Å². The van der Waals surface area contributed by atoms with E-state index in [-0.39, 0.29) is 12.5 Å². The molecule has 30 heavy (non-hydrogen) atoms. The molecule has 0 radical (unpaired) electrons. The third-order valence-electron chi connectivity index (χ3n) is 4.24. The highest BCUT2D eigenvalue weighted by Crippen LogP contribution is 2.18. The molecule has 4 aromatic rings. The van der Waals surface area contributed by atoms with E-state index < -0.39 is 0 Å². The Labute approximate surface area is 178 Å². The van der Waals surface area contributed by atoms with E-state index in [0.717, 1.165) is 11.1 Å². The van der Waals surface area contributed by atoms with Crippen LogP contribution < -0.4 is 10.1 Å². The summed E-state index contributed by atoms with van der Waals surface area (Å²) in [7, 11) is 0. The predicted molar refractivity (Wildman–Crippen MR) is 115 cm³/mol. The SMILES string of the molecule is O=C(/C=C/c1ccccc1Cl)NCCOc1ccc2nnc(-c3ccccc3)n2n1. The molecule has 0 unspecified atom stereocenters.